The number of hydrogen-bond acceptors (Lipinski definition) is 4. The predicted octanol–water partition coefficient (Wildman–Crippen LogP) is 4.49. The number of halogens is 1. The molecule has 0 aliphatic carbocycles. The summed E-state index contributed by atoms with van der Waals surface area (Å²) in [6, 6.07) is 14.0. The Labute approximate surface area is 193 Å². The number of benzene rings is 2. The summed E-state index contributed by atoms with van der Waals surface area (Å²) in [5.41, 5.74) is -0.264. The van der Waals surface area contributed by atoms with E-state index in [1.54, 1.807) is 24.3 Å². The van der Waals surface area contributed by atoms with Crippen LogP contribution in [-0.4, -0.2) is 13.5 Å². The summed E-state index contributed by atoms with van der Waals surface area (Å²) in [5.74, 6) is 0. The number of anilines is 1. The van der Waals surface area contributed by atoms with Crippen molar-refractivity contribution in [3.8, 4) is 0 Å². The van der Waals surface area contributed by atoms with E-state index in [2.05, 4.69) is 11.3 Å². The van der Waals surface area contributed by atoms with E-state index < -0.39 is 15.6 Å². The van der Waals surface area contributed by atoms with Gasteiger partial charge in [0, 0.05) is 28.3 Å². The standard InChI is InChI=1S/C24H25ClN2O4S/c1-5-24(28,18-12-14-27(29)15-13-18)21-16-19(25)8-11-22(21)26-32(30,31)20-9-6-17(7-10-20)23(2,3)4/h5-16,26,28H,1H2,2-4H3. The third-order valence-corrected chi connectivity index (χ3v) is 6.82. The first-order valence-corrected chi connectivity index (χ1v) is 11.7. The number of hydrogen-bond donors (Lipinski definition) is 2. The molecule has 0 spiro atoms. The number of nitrogens with zero attached hydrogens (tertiary/aromatic N) is 1. The first-order valence-electron chi connectivity index (χ1n) is 9.85. The Hall–Kier alpha value is -2.87. The van der Waals surface area contributed by atoms with Gasteiger partial charge in [-0.2, -0.15) is 4.73 Å². The lowest BCUT2D eigenvalue weighted by molar-refractivity contribution is -0.605. The second-order valence-electron chi connectivity index (χ2n) is 8.49. The molecule has 0 fully saturated rings. The number of nitrogens with one attached hydrogen (secondary N) is 1. The molecular formula is C24H25ClN2O4S. The predicted molar refractivity (Wildman–Crippen MR) is 126 cm³/mol. The highest BCUT2D eigenvalue weighted by Gasteiger charge is 2.33. The molecule has 0 amide bonds. The molecule has 2 N–H and O–H groups in total. The molecule has 1 aromatic heterocycles. The summed E-state index contributed by atoms with van der Waals surface area (Å²) < 4.78 is 29.3. The molecule has 6 nitrogen and oxygen atoms in total. The number of rotatable bonds is 6. The van der Waals surface area contributed by atoms with Crippen molar-refractivity contribution >= 4 is 27.3 Å². The van der Waals surface area contributed by atoms with Gasteiger partial charge in [-0.05, 0) is 41.3 Å². The molecule has 0 radical (unpaired) electrons. The number of aromatic nitrogens is 1. The van der Waals surface area contributed by atoms with Gasteiger partial charge in [0.05, 0.1) is 10.6 Å². The Kier molecular flexibility index (Phi) is 6.38. The van der Waals surface area contributed by atoms with Crippen molar-refractivity contribution < 1.29 is 18.3 Å². The summed E-state index contributed by atoms with van der Waals surface area (Å²) in [5, 5.41) is 23.1. The van der Waals surface area contributed by atoms with Gasteiger partial charge in [-0.15, -0.1) is 0 Å². The first-order chi connectivity index (χ1) is 14.9. The van der Waals surface area contributed by atoms with Gasteiger partial charge in [0.1, 0.15) is 5.60 Å². The van der Waals surface area contributed by atoms with Crippen LogP contribution < -0.4 is 9.45 Å². The van der Waals surface area contributed by atoms with Gasteiger partial charge in [-0.25, -0.2) is 8.42 Å². The molecule has 1 unspecified atom stereocenters. The van der Waals surface area contributed by atoms with Crippen LogP contribution in [0.3, 0.4) is 0 Å². The lowest BCUT2D eigenvalue weighted by Crippen LogP contribution is -2.30. The van der Waals surface area contributed by atoms with Crippen LogP contribution in [0.4, 0.5) is 5.69 Å². The van der Waals surface area contributed by atoms with E-state index in [0.717, 1.165) is 5.56 Å². The van der Waals surface area contributed by atoms with E-state index in [0.29, 0.717) is 15.3 Å². The van der Waals surface area contributed by atoms with Crippen molar-refractivity contribution in [1.29, 1.82) is 0 Å². The molecule has 3 aromatic rings. The van der Waals surface area contributed by atoms with E-state index in [-0.39, 0.29) is 21.6 Å². The maximum Gasteiger partial charge on any atom is 0.261 e. The molecule has 0 saturated heterocycles. The molecule has 2 aromatic carbocycles. The minimum atomic E-state index is -3.96. The average molecular weight is 473 g/mol. The van der Waals surface area contributed by atoms with E-state index in [4.69, 9.17) is 11.6 Å². The molecule has 0 aliphatic heterocycles. The molecule has 1 atom stereocenters. The quantitative estimate of drug-likeness (QED) is 0.314. The fourth-order valence-electron chi connectivity index (χ4n) is 3.31. The molecule has 32 heavy (non-hydrogen) atoms. The lowest BCUT2D eigenvalue weighted by Gasteiger charge is -2.28. The van der Waals surface area contributed by atoms with Gasteiger partial charge in [0.25, 0.3) is 10.0 Å². The van der Waals surface area contributed by atoms with Crippen LogP contribution in [0.2, 0.25) is 5.02 Å². The zero-order valence-electron chi connectivity index (χ0n) is 18.0. The minimum absolute atomic E-state index is 0.0839. The van der Waals surface area contributed by atoms with Crippen LogP contribution in [0.5, 0.6) is 0 Å². The van der Waals surface area contributed by atoms with E-state index in [1.807, 2.05) is 20.8 Å². The van der Waals surface area contributed by atoms with E-state index in [1.165, 1.54) is 48.8 Å². The second kappa shape index (κ2) is 8.58. The molecule has 0 aliphatic rings. The highest BCUT2D eigenvalue weighted by atomic mass is 35.5. The van der Waals surface area contributed by atoms with Crippen LogP contribution in [0.25, 0.3) is 0 Å². The van der Waals surface area contributed by atoms with Crippen molar-refractivity contribution in [2.24, 2.45) is 0 Å². The van der Waals surface area contributed by atoms with Gasteiger partial charge >= 0.3 is 0 Å². The highest BCUT2D eigenvalue weighted by Crippen LogP contribution is 2.37. The molecule has 3 rings (SSSR count). The summed E-state index contributed by atoms with van der Waals surface area (Å²) in [4.78, 5) is 0.0839. The molecule has 1 heterocycles. The van der Waals surface area contributed by atoms with Crippen LogP contribution in [-0.2, 0) is 21.0 Å². The van der Waals surface area contributed by atoms with Gasteiger partial charge in [-0.3, -0.25) is 4.72 Å². The van der Waals surface area contributed by atoms with Gasteiger partial charge in [-0.1, -0.05) is 57.2 Å². The average Bonchev–Trinajstić information content (AvgIpc) is 2.74. The Morgan fingerprint density at radius 1 is 1.03 bits per heavy atom. The maximum absolute atomic E-state index is 13.1. The molecular weight excluding hydrogens is 448 g/mol. The number of pyridine rings is 1. The Morgan fingerprint density at radius 3 is 2.16 bits per heavy atom. The maximum atomic E-state index is 13.1. The molecule has 0 saturated carbocycles. The third kappa shape index (κ3) is 4.80. The molecule has 0 bridgehead atoms. The van der Waals surface area contributed by atoms with Crippen LogP contribution in [0, 0.1) is 5.21 Å². The fourth-order valence-corrected chi connectivity index (χ4v) is 4.56. The topological polar surface area (TPSA) is 93.3 Å². The van der Waals surface area contributed by atoms with Crippen molar-refractivity contribution in [2.75, 3.05) is 4.72 Å². The zero-order chi connectivity index (χ0) is 23.7. The van der Waals surface area contributed by atoms with Crippen molar-refractivity contribution in [2.45, 2.75) is 36.7 Å². The molecule has 168 valence electrons. The van der Waals surface area contributed by atoms with E-state index >= 15 is 0 Å². The lowest BCUT2D eigenvalue weighted by atomic mass is 9.86. The van der Waals surface area contributed by atoms with Crippen molar-refractivity contribution in [1.82, 2.24) is 0 Å². The highest BCUT2D eigenvalue weighted by molar-refractivity contribution is 7.92. The van der Waals surface area contributed by atoms with Crippen LogP contribution >= 0.6 is 11.6 Å². The second-order valence-corrected chi connectivity index (χ2v) is 10.6. The minimum Gasteiger partial charge on any atom is -0.619 e. The largest absolute Gasteiger partial charge is 0.619 e. The smallest absolute Gasteiger partial charge is 0.261 e. The van der Waals surface area contributed by atoms with Crippen LogP contribution in [0.1, 0.15) is 37.5 Å². The monoisotopic (exact) mass is 472 g/mol. The third-order valence-electron chi connectivity index (χ3n) is 5.20. The van der Waals surface area contributed by atoms with Gasteiger partial charge in [0.15, 0.2) is 12.4 Å². The van der Waals surface area contributed by atoms with Crippen LogP contribution in [0.15, 0.2) is 84.5 Å². The van der Waals surface area contributed by atoms with Crippen molar-refractivity contribution in [3.63, 3.8) is 0 Å². The van der Waals surface area contributed by atoms with Crippen molar-refractivity contribution in [3.05, 3.63) is 107 Å². The van der Waals surface area contributed by atoms with E-state index in [9.17, 15) is 18.7 Å². The summed E-state index contributed by atoms with van der Waals surface area (Å²) in [7, 11) is -3.96. The Bertz CT molecular complexity index is 1230. The fraction of sp³-hybridized carbons (Fsp3) is 0.208. The normalized spacial score (nSPS) is 13.9. The first kappa shape index (κ1) is 23.8. The summed E-state index contributed by atoms with van der Waals surface area (Å²) >= 11 is 6.16. The Morgan fingerprint density at radius 2 is 1.62 bits per heavy atom. The SMILES string of the molecule is C=CC(O)(c1cc[n+]([O-])cc1)c1cc(Cl)ccc1NS(=O)(=O)c1ccc(C(C)(C)C)cc1. The summed E-state index contributed by atoms with van der Waals surface area (Å²) in [6.07, 6.45) is 3.73. The zero-order valence-corrected chi connectivity index (χ0v) is 19.6. The van der Waals surface area contributed by atoms with Gasteiger partial charge in [0.2, 0.25) is 0 Å². The summed E-state index contributed by atoms with van der Waals surface area (Å²) in [6.45, 7) is 9.84. The van der Waals surface area contributed by atoms with Gasteiger partial charge < -0.3 is 10.3 Å². The molecule has 8 heteroatoms. The Balaban J connectivity index is 2.06. The number of aliphatic hydroxyl groups is 1. The number of sulfonamides is 1.